The average molecular weight is 534 g/mol. The third-order valence-electron chi connectivity index (χ3n) is 6.26. The van der Waals surface area contributed by atoms with Crippen molar-refractivity contribution < 1.29 is 26.7 Å². The molecule has 0 amide bonds. The molecule has 1 saturated heterocycles. The summed E-state index contributed by atoms with van der Waals surface area (Å²) in [5.41, 5.74) is 1.59. The molecule has 8 nitrogen and oxygen atoms in total. The number of aromatic nitrogens is 1. The van der Waals surface area contributed by atoms with Crippen molar-refractivity contribution in [1.29, 1.82) is 0 Å². The number of thiol groups is 1. The summed E-state index contributed by atoms with van der Waals surface area (Å²) in [7, 11) is 0.930. The van der Waals surface area contributed by atoms with Crippen LogP contribution in [0.25, 0.3) is 11.1 Å². The molecule has 2 heterocycles. The molecule has 4 rings (SSSR count). The lowest BCUT2D eigenvalue weighted by Crippen LogP contribution is -2.20. The van der Waals surface area contributed by atoms with Gasteiger partial charge in [0.15, 0.2) is 11.6 Å². The largest absolute Gasteiger partial charge is 0.492 e. The van der Waals surface area contributed by atoms with Gasteiger partial charge in [-0.05, 0) is 56.3 Å². The molecular weight excluding hydrogens is 504 g/mol. The van der Waals surface area contributed by atoms with E-state index in [0.717, 1.165) is 37.2 Å². The van der Waals surface area contributed by atoms with E-state index in [1.807, 2.05) is 7.05 Å². The predicted molar refractivity (Wildman–Crippen MR) is 137 cm³/mol. The van der Waals surface area contributed by atoms with Crippen LogP contribution >= 0.6 is 0 Å². The number of benzene rings is 2. The number of hydrogen-bond donors (Lipinski definition) is 2. The molecule has 0 radical (unpaired) electrons. The zero-order valence-electron chi connectivity index (χ0n) is 20.6. The van der Waals surface area contributed by atoms with Crippen LogP contribution < -0.4 is 19.8 Å². The van der Waals surface area contributed by atoms with Gasteiger partial charge >= 0.3 is 0 Å². The number of aryl methyl sites for hydroxylation is 1. The fraction of sp³-hybridized carbons (Fsp3) is 0.346. The Morgan fingerprint density at radius 1 is 1.03 bits per heavy atom. The van der Waals surface area contributed by atoms with Crippen LogP contribution in [0.3, 0.4) is 0 Å². The number of halogens is 2. The van der Waals surface area contributed by atoms with Crippen molar-refractivity contribution in [3.05, 3.63) is 76.2 Å². The van der Waals surface area contributed by atoms with Crippen LogP contribution in [0.5, 0.6) is 17.2 Å². The summed E-state index contributed by atoms with van der Waals surface area (Å²) in [4.78, 5) is 14.7. The molecule has 0 bridgehead atoms. The quantitative estimate of drug-likeness (QED) is 0.390. The molecule has 1 fully saturated rings. The van der Waals surface area contributed by atoms with Gasteiger partial charge in [0.1, 0.15) is 17.3 Å². The number of pyridine rings is 1. The molecule has 0 saturated carbocycles. The number of nitrogens with one attached hydrogen (secondary N) is 1. The van der Waals surface area contributed by atoms with Crippen LogP contribution in [0, 0.1) is 17.6 Å². The van der Waals surface area contributed by atoms with Gasteiger partial charge in [-0.25, -0.2) is 21.9 Å². The van der Waals surface area contributed by atoms with Gasteiger partial charge in [0.05, 0.1) is 6.61 Å². The van der Waals surface area contributed by atoms with Gasteiger partial charge in [-0.1, -0.05) is 6.07 Å². The van der Waals surface area contributed by atoms with Crippen LogP contribution in [-0.4, -0.2) is 51.2 Å². The van der Waals surface area contributed by atoms with Gasteiger partial charge in [0.25, 0.3) is 5.56 Å². The number of nitrogens with zero attached hydrogens (tertiary/aromatic N) is 2. The van der Waals surface area contributed by atoms with Crippen LogP contribution in [-0.2, 0) is 24.4 Å². The lowest BCUT2D eigenvalue weighted by atomic mass is 10.0. The van der Waals surface area contributed by atoms with Gasteiger partial charge in [-0.3, -0.25) is 4.79 Å². The van der Waals surface area contributed by atoms with E-state index in [-0.39, 0.29) is 23.6 Å². The Balaban J connectivity index is 1.74. The van der Waals surface area contributed by atoms with Crippen molar-refractivity contribution in [3.8, 4) is 28.4 Å². The van der Waals surface area contributed by atoms with E-state index in [1.54, 1.807) is 31.4 Å². The average Bonchev–Trinajstić information content (AvgIpc) is 3.27. The van der Waals surface area contributed by atoms with E-state index in [0.29, 0.717) is 35.8 Å². The molecule has 37 heavy (non-hydrogen) atoms. The normalized spacial score (nSPS) is 15.9. The summed E-state index contributed by atoms with van der Waals surface area (Å²) in [6, 6.07) is 9.59. The molecule has 11 heteroatoms. The molecule has 3 aromatic rings. The molecule has 0 aliphatic carbocycles. The molecular formula is C26H29F2N3O5S. The molecule has 1 aliphatic rings. The minimum Gasteiger partial charge on any atom is -0.492 e. The third-order valence-corrected chi connectivity index (χ3v) is 6.74. The molecule has 1 atom stereocenters. The zero-order chi connectivity index (χ0) is 26.5. The first kappa shape index (κ1) is 26.8. The molecule has 1 aliphatic heterocycles. The van der Waals surface area contributed by atoms with Gasteiger partial charge in [0, 0.05) is 55.5 Å². The van der Waals surface area contributed by atoms with Crippen molar-refractivity contribution in [2.24, 2.45) is 13.0 Å². The smallest absolute Gasteiger partial charge is 0.254 e. The maximum Gasteiger partial charge on any atom is 0.254 e. The Labute approximate surface area is 215 Å². The van der Waals surface area contributed by atoms with Gasteiger partial charge in [-0.15, -0.1) is 0 Å². The van der Waals surface area contributed by atoms with Gasteiger partial charge in [-0.2, -0.15) is 0 Å². The van der Waals surface area contributed by atoms with E-state index in [4.69, 9.17) is 9.47 Å². The summed E-state index contributed by atoms with van der Waals surface area (Å²) in [5, 5.41) is 0. The second-order valence-electron chi connectivity index (χ2n) is 9.15. The number of hydrogen-bond acceptors (Lipinski definition) is 6. The highest BCUT2D eigenvalue weighted by Crippen LogP contribution is 2.39. The Morgan fingerprint density at radius 2 is 1.81 bits per heavy atom. The molecule has 1 N–H and O–H groups in total. The van der Waals surface area contributed by atoms with Crippen molar-refractivity contribution >= 4 is 10.9 Å². The summed E-state index contributed by atoms with van der Waals surface area (Å²) in [5.74, 6) is -0.808. The SMILES string of the molecule is CN1CCC(COc2cc(=O)n(C)cc2-c2cc(CCN[SH](=O)=O)ccc2Oc2ccc(F)cc2F)C1. The van der Waals surface area contributed by atoms with E-state index >= 15 is 0 Å². The maximum atomic E-state index is 14.4. The first-order valence-corrected chi connectivity index (χ1v) is 13.0. The standard InChI is InChI=1S/C26H29F2N3O5S/c1-30-10-8-18(14-30)16-35-25-13-26(32)31(2)15-21(25)20-11-17(7-9-29-37(33)34)3-5-23(20)36-24-6-4-19(27)12-22(24)28/h3-6,11-13,15,18,37H,7-10,14,16H2,1-2H3,(H,29,33,34). The minimum atomic E-state index is -2.73. The lowest BCUT2D eigenvalue weighted by Gasteiger charge is -2.19. The highest BCUT2D eigenvalue weighted by molar-refractivity contribution is 7.70. The van der Waals surface area contributed by atoms with E-state index in [1.165, 1.54) is 16.7 Å². The second-order valence-corrected chi connectivity index (χ2v) is 9.98. The topological polar surface area (TPSA) is 89.9 Å². The summed E-state index contributed by atoms with van der Waals surface area (Å²) in [6.07, 6.45) is 3.00. The highest BCUT2D eigenvalue weighted by Gasteiger charge is 2.22. The van der Waals surface area contributed by atoms with E-state index in [2.05, 4.69) is 9.62 Å². The Kier molecular flexibility index (Phi) is 8.57. The van der Waals surface area contributed by atoms with Crippen LogP contribution in [0.15, 0.2) is 53.5 Å². The summed E-state index contributed by atoms with van der Waals surface area (Å²) < 4.78 is 65.4. The van der Waals surface area contributed by atoms with Gasteiger partial charge in [0.2, 0.25) is 10.9 Å². The Hall–Kier alpha value is -3.28. The molecule has 0 spiro atoms. The molecule has 198 valence electrons. The zero-order valence-corrected chi connectivity index (χ0v) is 21.5. The third kappa shape index (κ3) is 6.94. The first-order valence-electron chi connectivity index (χ1n) is 11.9. The van der Waals surface area contributed by atoms with Crippen LogP contribution in [0.2, 0.25) is 0 Å². The Bertz CT molecular complexity index is 1400. The summed E-state index contributed by atoms with van der Waals surface area (Å²) in [6.45, 7) is 2.48. The molecule has 1 unspecified atom stereocenters. The van der Waals surface area contributed by atoms with E-state index in [9.17, 15) is 22.0 Å². The van der Waals surface area contributed by atoms with Crippen molar-refractivity contribution in [3.63, 3.8) is 0 Å². The maximum absolute atomic E-state index is 14.4. The second kappa shape index (κ2) is 11.8. The van der Waals surface area contributed by atoms with Crippen LogP contribution in [0.1, 0.15) is 12.0 Å². The fourth-order valence-electron chi connectivity index (χ4n) is 4.30. The highest BCUT2D eigenvalue weighted by atomic mass is 32.2. The number of rotatable bonds is 10. The van der Waals surface area contributed by atoms with Crippen molar-refractivity contribution in [2.75, 3.05) is 33.3 Å². The predicted octanol–water partition coefficient (Wildman–Crippen LogP) is 3.11. The van der Waals surface area contributed by atoms with Crippen LogP contribution in [0.4, 0.5) is 8.78 Å². The van der Waals surface area contributed by atoms with Crippen molar-refractivity contribution in [2.45, 2.75) is 12.8 Å². The molecule has 2 aromatic carbocycles. The van der Waals surface area contributed by atoms with E-state index < -0.39 is 22.5 Å². The van der Waals surface area contributed by atoms with Gasteiger partial charge < -0.3 is 18.9 Å². The number of likely N-dealkylation sites (tertiary alicyclic amines) is 1. The molecule has 1 aromatic heterocycles. The fourth-order valence-corrected chi connectivity index (χ4v) is 4.60. The summed E-state index contributed by atoms with van der Waals surface area (Å²) >= 11 is 0. The first-order chi connectivity index (χ1) is 17.7. The minimum absolute atomic E-state index is 0.165. The number of ether oxygens (including phenoxy) is 2. The monoisotopic (exact) mass is 533 g/mol. The van der Waals surface area contributed by atoms with Crippen molar-refractivity contribution in [1.82, 2.24) is 14.2 Å². The lowest BCUT2D eigenvalue weighted by molar-refractivity contribution is 0.249. The Morgan fingerprint density at radius 3 is 2.51 bits per heavy atom.